The monoisotopic (exact) mass is 131 g/mol. The normalized spacial score (nSPS) is 22.7. The number of rotatable bonds is 3. The number of hydrogen-bond acceptors (Lipinski definition) is 3. The van der Waals surface area contributed by atoms with Gasteiger partial charge in [-0.25, -0.2) is 0 Å². The highest BCUT2D eigenvalue weighted by Crippen LogP contribution is 2.37. The van der Waals surface area contributed by atoms with E-state index in [9.17, 15) is 0 Å². The van der Waals surface area contributed by atoms with E-state index >= 15 is 0 Å². The maximum absolute atomic E-state index is 5.76. The molecule has 0 aromatic heterocycles. The summed E-state index contributed by atoms with van der Waals surface area (Å²) in [6.45, 7) is 0. The van der Waals surface area contributed by atoms with Gasteiger partial charge in [0.15, 0.2) is 6.29 Å². The molecule has 0 heterocycles. The summed E-state index contributed by atoms with van der Waals surface area (Å²) in [5, 5.41) is 0. The fourth-order valence-corrected chi connectivity index (χ4v) is 0.946. The second-order valence-electron chi connectivity index (χ2n) is 2.54. The minimum atomic E-state index is -0.211. The highest BCUT2D eigenvalue weighted by atomic mass is 16.7. The molecule has 0 amide bonds. The van der Waals surface area contributed by atoms with E-state index in [-0.39, 0.29) is 11.8 Å². The molecule has 2 N–H and O–H groups in total. The van der Waals surface area contributed by atoms with Crippen LogP contribution in [0.2, 0.25) is 0 Å². The van der Waals surface area contributed by atoms with Gasteiger partial charge in [-0.2, -0.15) is 0 Å². The minimum absolute atomic E-state index is 0.177. The van der Waals surface area contributed by atoms with Gasteiger partial charge in [0, 0.05) is 14.2 Å². The molecule has 9 heavy (non-hydrogen) atoms. The first-order chi connectivity index (χ1) is 4.23. The van der Waals surface area contributed by atoms with Crippen LogP contribution in [-0.2, 0) is 9.47 Å². The molecule has 1 saturated carbocycles. The van der Waals surface area contributed by atoms with Crippen LogP contribution in [0.1, 0.15) is 12.8 Å². The average Bonchev–Trinajstić information content (AvgIpc) is 2.52. The molecule has 0 bridgehead atoms. The zero-order valence-corrected chi connectivity index (χ0v) is 5.89. The number of methoxy groups -OCH3 is 2. The predicted octanol–water partition coefficient (Wildman–Crippen LogP) is 0.0966. The zero-order chi connectivity index (χ0) is 6.91. The van der Waals surface area contributed by atoms with E-state index in [0.717, 1.165) is 12.8 Å². The van der Waals surface area contributed by atoms with Crippen molar-refractivity contribution in [2.75, 3.05) is 14.2 Å². The largest absolute Gasteiger partial charge is 0.354 e. The van der Waals surface area contributed by atoms with Crippen molar-refractivity contribution in [1.82, 2.24) is 0 Å². The van der Waals surface area contributed by atoms with Crippen molar-refractivity contribution in [1.29, 1.82) is 0 Å². The first kappa shape index (κ1) is 6.99. The van der Waals surface area contributed by atoms with Crippen LogP contribution >= 0.6 is 0 Å². The van der Waals surface area contributed by atoms with E-state index in [1.54, 1.807) is 14.2 Å². The van der Waals surface area contributed by atoms with Crippen LogP contribution in [0.15, 0.2) is 0 Å². The smallest absolute Gasteiger partial charge is 0.174 e. The van der Waals surface area contributed by atoms with Gasteiger partial charge in [0.2, 0.25) is 0 Å². The molecule has 0 radical (unpaired) electrons. The fourth-order valence-electron chi connectivity index (χ4n) is 0.946. The molecule has 0 saturated heterocycles. The van der Waals surface area contributed by atoms with E-state index in [2.05, 4.69) is 0 Å². The van der Waals surface area contributed by atoms with Crippen molar-refractivity contribution >= 4 is 0 Å². The van der Waals surface area contributed by atoms with Crippen molar-refractivity contribution in [3.05, 3.63) is 0 Å². The molecule has 0 aromatic carbocycles. The van der Waals surface area contributed by atoms with Crippen molar-refractivity contribution in [3.8, 4) is 0 Å². The molecule has 1 fully saturated rings. The van der Waals surface area contributed by atoms with Gasteiger partial charge >= 0.3 is 0 Å². The van der Waals surface area contributed by atoms with Gasteiger partial charge in [0.25, 0.3) is 0 Å². The van der Waals surface area contributed by atoms with Gasteiger partial charge in [-0.05, 0) is 12.8 Å². The van der Waals surface area contributed by atoms with E-state index < -0.39 is 0 Å². The third kappa shape index (κ3) is 1.23. The Balaban J connectivity index is 2.37. The minimum Gasteiger partial charge on any atom is -0.354 e. The Morgan fingerprint density at radius 3 is 1.89 bits per heavy atom. The van der Waals surface area contributed by atoms with Crippen LogP contribution in [0.3, 0.4) is 0 Å². The number of hydrogen-bond donors (Lipinski definition) is 1. The summed E-state index contributed by atoms with van der Waals surface area (Å²) in [4.78, 5) is 0. The lowest BCUT2D eigenvalue weighted by Gasteiger charge is -2.19. The lowest BCUT2D eigenvalue weighted by molar-refractivity contribution is -0.123. The molecular weight excluding hydrogens is 118 g/mol. The molecule has 0 aliphatic heterocycles. The molecule has 0 aromatic rings. The summed E-state index contributed by atoms with van der Waals surface area (Å²) < 4.78 is 9.96. The quantitative estimate of drug-likeness (QED) is 0.552. The topological polar surface area (TPSA) is 44.5 Å². The molecule has 3 nitrogen and oxygen atoms in total. The first-order valence-corrected chi connectivity index (χ1v) is 3.07. The van der Waals surface area contributed by atoms with Gasteiger partial charge in [0.05, 0.1) is 5.54 Å². The number of ether oxygens (including phenoxy) is 2. The Labute approximate surface area is 55.1 Å². The molecule has 54 valence electrons. The highest BCUT2D eigenvalue weighted by molar-refractivity contribution is 5.01. The highest BCUT2D eigenvalue weighted by Gasteiger charge is 2.46. The van der Waals surface area contributed by atoms with Gasteiger partial charge in [0.1, 0.15) is 0 Å². The third-order valence-electron chi connectivity index (χ3n) is 1.72. The maximum atomic E-state index is 5.76. The van der Waals surface area contributed by atoms with Crippen molar-refractivity contribution in [2.24, 2.45) is 5.73 Å². The standard InChI is InChI=1S/C6H13NO2/c1-8-5(9-2)6(7)3-4-6/h5H,3-4,7H2,1-2H3. The third-order valence-corrected chi connectivity index (χ3v) is 1.72. The Hall–Kier alpha value is -0.120. The van der Waals surface area contributed by atoms with Crippen LogP contribution in [0, 0.1) is 0 Å². The van der Waals surface area contributed by atoms with Crippen LogP contribution in [-0.4, -0.2) is 26.0 Å². The Morgan fingerprint density at radius 2 is 1.78 bits per heavy atom. The van der Waals surface area contributed by atoms with E-state index in [4.69, 9.17) is 15.2 Å². The van der Waals surface area contributed by atoms with Gasteiger partial charge in [-0.3, -0.25) is 0 Å². The SMILES string of the molecule is COC(OC)C1(N)CC1. The van der Waals surface area contributed by atoms with Crippen LogP contribution in [0.25, 0.3) is 0 Å². The molecule has 1 aliphatic carbocycles. The lowest BCUT2D eigenvalue weighted by atomic mass is 10.3. The summed E-state index contributed by atoms with van der Waals surface area (Å²) in [5.41, 5.74) is 5.58. The molecule has 0 atom stereocenters. The van der Waals surface area contributed by atoms with E-state index in [0.29, 0.717) is 0 Å². The van der Waals surface area contributed by atoms with E-state index in [1.165, 1.54) is 0 Å². The van der Waals surface area contributed by atoms with Crippen molar-refractivity contribution in [2.45, 2.75) is 24.7 Å². The van der Waals surface area contributed by atoms with Gasteiger partial charge in [-0.15, -0.1) is 0 Å². The Bertz CT molecular complexity index is 97.2. The molecule has 1 rings (SSSR count). The summed E-state index contributed by atoms with van der Waals surface area (Å²) in [6, 6.07) is 0. The Kier molecular flexibility index (Phi) is 1.75. The summed E-state index contributed by atoms with van der Waals surface area (Å²) in [6.07, 6.45) is 1.82. The molecule has 0 unspecified atom stereocenters. The zero-order valence-electron chi connectivity index (χ0n) is 5.89. The second kappa shape index (κ2) is 2.25. The van der Waals surface area contributed by atoms with Crippen LogP contribution in [0.5, 0.6) is 0 Å². The second-order valence-corrected chi connectivity index (χ2v) is 2.54. The summed E-state index contributed by atoms with van der Waals surface area (Å²) in [7, 11) is 3.22. The molecular formula is C6H13NO2. The van der Waals surface area contributed by atoms with E-state index in [1.807, 2.05) is 0 Å². The Morgan fingerprint density at radius 1 is 1.33 bits per heavy atom. The molecule has 1 aliphatic rings. The molecule has 0 spiro atoms. The fraction of sp³-hybridized carbons (Fsp3) is 1.00. The van der Waals surface area contributed by atoms with Gasteiger partial charge in [-0.1, -0.05) is 0 Å². The average molecular weight is 131 g/mol. The predicted molar refractivity (Wildman–Crippen MR) is 34.0 cm³/mol. The number of nitrogens with two attached hydrogens (primary N) is 1. The summed E-state index contributed by atoms with van der Waals surface area (Å²) in [5.74, 6) is 0. The lowest BCUT2D eigenvalue weighted by Crippen LogP contribution is -2.39. The van der Waals surface area contributed by atoms with Crippen LogP contribution < -0.4 is 5.73 Å². The van der Waals surface area contributed by atoms with Crippen LogP contribution in [0.4, 0.5) is 0 Å². The summed E-state index contributed by atoms with van der Waals surface area (Å²) >= 11 is 0. The van der Waals surface area contributed by atoms with Crippen molar-refractivity contribution in [3.63, 3.8) is 0 Å². The van der Waals surface area contributed by atoms with Gasteiger partial charge < -0.3 is 15.2 Å². The first-order valence-electron chi connectivity index (χ1n) is 3.07. The van der Waals surface area contributed by atoms with Crippen molar-refractivity contribution < 1.29 is 9.47 Å². The maximum Gasteiger partial charge on any atom is 0.174 e. The molecule has 3 heteroatoms.